The summed E-state index contributed by atoms with van der Waals surface area (Å²) in [5, 5.41) is 3.30. The zero-order valence-electron chi connectivity index (χ0n) is 11.6. The molecular formula is C16H19FN2O. The maximum absolute atomic E-state index is 13.8. The van der Waals surface area contributed by atoms with Gasteiger partial charge in [-0.25, -0.2) is 4.39 Å². The highest BCUT2D eigenvalue weighted by atomic mass is 19.1. The molecule has 0 amide bonds. The first-order chi connectivity index (χ1) is 9.81. The SMILES string of the molecule is CCCNC(COc1ccccc1)c1ccncc1F. The van der Waals surface area contributed by atoms with Gasteiger partial charge in [-0.3, -0.25) is 4.98 Å². The Labute approximate surface area is 118 Å². The lowest BCUT2D eigenvalue weighted by Crippen LogP contribution is -2.28. The summed E-state index contributed by atoms with van der Waals surface area (Å²) in [4.78, 5) is 3.78. The number of benzene rings is 1. The van der Waals surface area contributed by atoms with E-state index in [2.05, 4.69) is 17.2 Å². The van der Waals surface area contributed by atoms with Gasteiger partial charge < -0.3 is 10.1 Å². The predicted molar refractivity (Wildman–Crippen MR) is 77.2 cm³/mol. The van der Waals surface area contributed by atoms with Gasteiger partial charge in [-0.15, -0.1) is 0 Å². The van der Waals surface area contributed by atoms with E-state index in [1.165, 1.54) is 6.20 Å². The Kier molecular flexibility index (Phi) is 5.50. The summed E-state index contributed by atoms with van der Waals surface area (Å²) in [6, 6.07) is 11.0. The number of ether oxygens (including phenoxy) is 1. The Morgan fingerprint density at radius 2 is 2.05 bits per heavy atom. The van der Waals surface area contributed by atoms with Crippen molar-refractivity contribution in [2.75, 3.05) is 13.2 Å². The fourth-order valence-electron chi connectivity index (χ4n) is 1.94. The minimum atomic E-state index is -0.308. The zero-order chi connectivity index (χ0) is 14.2. The maximum Gasteiger partial charge on any atom is 0.146 e. The van der Waals surface area contributed by atoms with Gasteiger partial charge in [-0.2, -0.15) is 0 Å². The number of aromatic nitrogens is 1. The molecule has 1 atom stereocenters. The molecule has 1 N–H and O–H groups in total. The van der Waals surface area contributed by atoms with Crippen LogP contribution >= 0.6 is 0 Å². The smallest absolute Gasteiger partial charge is 0.146 e. The Morgan fingerprint density at radius 3 is 2.75 bits per heavy atom. The lowest BCUT2D eigenvalue weighted by molar-refractivity contribution is 0.263. The van der Waals surface area contributed by atoms with Gasteiger partial charge >= 0.3 is 0 Å². The summed E-state index contributed by atoms with van der Waals surface area (Å²) in [6.07, 6.45) is 3.81. The van der Waals surface area contributed by atoms with Crippen molar-refractivity contribution in [3.8, 4) is 5.75 Å². The molecular weight excluding hydrogens is 255 g/mol. The molecule has 0 fully saturated rings. The lowest BCUT2D eigenvalue weighted by Gasteiger charge is -2.20. The Morgan fingerprint density at radius 1 is 1.25 bits per heavy atom. The van der Waals surface area contributed by atoms with Crippen molar-refractivity contribution in [3.05, 3.63) is 60.2 Å². The minimum absolute atomic E-state index is 0.182. The second-order valence-corrected chi connectivity index (χ2v) is 4.53. The molecule has 4 heteroatoms. The Balaban J connectivity index is 2.06. The summed E-state index contributed by atoms with van der Waals surface area (Å²) in [5.41, 5.74) is 0.587. The lowest BCUT2D eigenvalue weighted by atomic mass is 10.1. The van der Waals surface area contributed by atoms with Gasteiger partial charge in [0.05, 0.1) is 12.2 Å². The zero-order valence-corrected chi connectivity index (χ0v) is 11.6. The van der Waals surface area contributed by atoms with Gasteiger partial charge in [-0.1, -0.05) is 25.1 Å². The van der Waals surface area contributed by atoms with Crippen molar-refractivity contribution >= 4 is 0 Å². The van der Waals surface area contributed by atoms with Crippen LogP contribution in [-0.2, 0) is 0 Å². The van der Waals surface area contributed by atoms with E-state index in [0.717, 1.165) is 18.7 Å². The molecule has 1 aromatic heterocycles. The van der Waals surface area contributed by atoms with Crippen LogP contribution in [0.2, 0.25) is 0 Å². The highest BCUT2D eigenvalue weighted by Gasteiger charge is 2.15. The molecule has 0 spiro atoms. The average molecular weight is 274 g/mol. The summed E-state index contributed by atoms with van der Waals surface area (Å²) < 4.78 is 19.6. The third-order valence-corrected chi connectivity index (χ3v) is 2.98. The van der Waals surface area contributed by atoms with E-state index in [4.69, 9.17) is 4.74 Å². The predicted octanol–water partition coefficient (Wildman–Crippen LogP) is 3.34. The molecule has 0 saturated carbocycles. The number of rotatable bonds is 7. The average Bonchev–Trinajstić information content (AvgIpc) is 2.49. The molecule has 0 aliphatic heterocycles. The standard InChI is InChI=1S/C16H19FN2O/c1-2-9-19-16(14-8-10-18-11-15(14)17)12-20-13-6-4-3-5-7-13/h3-8,10-11,16,19H,2,9,12H2,1H3. The molecule has 1 unspecified atom stereocenters. The number of halogens is 1. The summed E-state index contributed by atoms with van der Waals surface area (Å²) in [6.45, 7) is 3.26. The molecule has 0 bridgehead atoms. The molecule has 0 radical (unpaired) electrons. The first kappa shape index (κ1) is 14.5. The molecule has 1 heterocycles. The fraction of sp³-hybridized carbons (Fsp3) is 0.312. The molecule has 1 aromatic carbocycles. The van der Waals surface area contributed by atoms with Crippen molar-refractivity contribution < 1.29 is 9.13 Å². The molecule has 0 saturated heterocycles. The van der Waals surface area contributed by atoms with Gasteiger partial charge in [-0.05, 0) is 31.2 Å². The number of pyridine rings is 1. The summed E-state index contributed by atoms with van der Waals surface area (Å²) in [7, 11) is 0. The molecule has 0 aliphatic rings. The number of nitrogens with zero attached hydrogens (tertiary/aromatic N) is 1. The van der Waals surface area contributed by atoms with E-state index >= 15 is 0 Å². The number of para-hydroxylation sites is 1. The number of nitrogens with one attached hydrogen (secondary N) is 1. The number of hydrogen-bond donors (Lipinski definition) is 1. The van der Waals surface area contributed by atoms with Gasteiger partial charge in [0.1, 0.15) is 18.2 Å². The van der Waals surface area contributed by atoms with Crippen LogP contribution in [0.15, 0.2) is 48.8 Å². The van der Waals surface area contributed by atoms with Gasteiger partial charge in [0.2, 0.25) is 0 Å². The first-order valence-corrected chi connectivity index (χ1v) is 6.82. The van der Waals surface area contributed by atoms with E-state index in [9.17, 15) is 4.39 Å². The summed E-state index contributed by atoms with van der Waals surface area (Å²) >= 11 is 0. The first-order valence-electron chi connectivity index (χ1n) is 6.82. The minimum Gasteiger partial charge on any atom is -0.492 e. The van der Waals surface area contributed by atoms with E-state index in [1.807, 2.05) is 30.3 Å². The van der Waals surface area contributed by atoms with Gasteiger partial charge in [0.15, 0.2) is 0 Å². The molecule has 0 aliphatic carbocycles. The van der Waals surface area contributed by atoms with Crippen LogP contribution in [0, 0.1) is 5.82 Å². The van der Waals surface area contributed by atoms with Gasteiger partial charge in [0.25, 0.3) is 0 Å². The fourth-order valence-corrected chi connectivity index (χ4v) is 1.94. The summed E-state index contributed by atoms with van der Waals surface area (Å²) in [5.74, 6) is 0.475. The van der Waals surface area contributed by atoms with Crippen LogP contribution in [0.25, 0.3) is 0 Å². The van der Waals surface area contributed by atoms with E-state index < -0.39 is 0 Å². The molecule has 2 rings (SSSR count). The monoisotopic (exact) mass is 274 g/mol. The third-order valence-electron chi connectivity index (χ3n) is 2.98. The highest BCUT2D eigenvalue weighted by molar-refractivity contribution is 5.22. The topological polar surface area (TPSA) is 34.1 Å². The van der Waals surface area contributed by atoms with Crippen molar-refractivity contribution in [1.82, 2.24) is 10.3 Å². The molecule has 106 valence electrons. The van der Waals surface area contributed by atoms with Crippen LogP contribution in [-0.4, -0.2) is 18.1 Å². The molecule has 2 aromatic rings. The largest absolute Gasteiger partial charge is 0.492 e. The van der Waals surface area contributed by atoms with Crippen molar-refractivity contribution in [1.29, 1.82) is 0 Å². The van der Waals surface area contributed by atoms with E-state index in [0.29, 0.717) is 12.2 Å². The van der Waals surface area contributed by atoms with Crippen molar-refractivity contribution in [2.45, 2.75) is 19.4 Å². The van der Waals surface area contributed by atoms with Crippen LogP contribution in [0.4, 0.5) is 4.39 Å². The molecule has 20 heavy (non-hydrogen) atoms. The van der Waals surface area contributed by atoms with Crippen LogP contribution in [0.3, 0.4) is 0 Å². The van der Waals surface area contributed by atoms with Gasteiger partial charge in [0, 0.05) is 11.8 Å². The van der Waals surface area contributed by atoms with Crippen LogP contribution < -0.4 is 10.1 Å². The second kappa shape index (κ2) is 7.60. The second-order valence-electron chi connectivity index (χ2n) is 4.53. The Bertz CT molecular complexity index is 519. The third kappa shape index (κ3) is 4.03. The quantitative estimate of drug-likeness (QED) is 0.841. The van der Waals surface area contributed by atoms with E-state index in [-0.39, 0.29) is 11.9 Å². The normalized spacial score (nSPS) is 12.1. The maximum atomic E-state index is 13.8. The Hall–Kier alpha value is -1.94. The van der Waals surface area contributed by atoms with Crippen LogP contribution in [0.1, 0.15) is 24.9 Å². The van der Waals surface area contributed by atoms with E-state index in [1.54, 1.807) is 12.3 Å². The number of hydrogen-bond acceptors (Lipinski definition) is 3. The van der Waals surface area contributed by atoms with Crippen molar-refractivity contribution in [2.24, 2.45) is 0 Å². The highest BCUT2D eigenvalue weighted by Crippen LogP contribution is 2.18. The van der Waals surface area contributed by atoms with Crippen molar-refractivity contribution in [3.63, 3.8) is 0 Å². The molecule has 3 nitrogen and oxygen atoms in total. The van der Waals surface area contributed by atoms with Crippen LogP contribution in [0.5, 0.6) is 5.75 Å².